The van der Waals surface area contributed by atoms with E-state index in [0.29, 0.717) is 18.7 Å². The first-order chi connectivity index (χ1) is 21.0. The van der Waals surface area contributed by atoms with Crippen LogP contribution in [0, 0.1) is 10.1 Å². The summed E-state index contributed by atoms with van der Waals surface area (Å²) in [5.41, 5.74) is 1.37. The summed E-state index contributed by atoms with van der Waals surface area (Å²) < 4.78 is 33.7. The van der Waals surface area contributed by atoms with Crippen LogP contribution in [0.4, 0.5) is 10.5 Å². The van der Waals surface area contributed by atoms with Crippen molar-refractivity contribution in [3.63, 3.8) is 0 Å². The zero-order chi connectivity index (χ0) is 31.7. The Labute approximate surface area is 260 Å². The third kappa shape index (κ3) is 8.22. The highest BCUT2D eigenvalue weighted by Gasteiger charge is 2.34. The molecule has 10 nitrogen and oxygen atoms in total. The van der Waals surface area contributed by atoms with Gasteiger partial charge < -0.3 is 14.5 Å². The molecular formula is C33H42N4O6S. The van der Waals surface area contributed by atoms with Gasteiger partial charge in [-0.1, -0.05) is 55.5 Å². The van der Waals surface area contributed by atoms with Gasteiger partial charge in [-0.15, -0.1) is 0 Å². The second kappa shape index (κ2) is 14.8. The smallest absolute Gasteiger partial charge is 0.410 e. The standard InChI is InChI=1S/C33H42N4O6S/c1-4-36(32(38)43-25-27-15-17-30(18-16-27)37(39)40)29-19-22-35(23-20-29)24-21-33(2,28-11-7-5-8-12-28)26-34(3)44(41,42)31-13-9-6-10-14-31/h5-18,29H,4,19-26H2,1-3H3/t33-/m1/s1. The van der Waals surface area contributed by atoms with Gasteiger partial charge in [-0.25, -0.2) is 17.5 Å². The fourth-order valence-electron chi connectivity index (χ4n) is 5.84. The normalized spacial score (nSPS) is 15.9. The lowest BCUT2D eigenvalue weighted by atomic mass is 9.79. The Morgan fingerprint density at radius 1 is 1.00 bits per heavy atom. The zero-order valence-corrected chi connectivity index (χ0v) is 26.5. The first-order valence-electron chi connectivity index (χ1n) is 15.0. The van der Waals surface area contributed by atoms with E-state index >= 15 is 0 Å². The van der Waals surface area contributed by atoms with Gasteiger partial charge in [0.25, 0.3) is 5.69 Å². The molecule has 3 aromatic rings. The molecule has 11 heteroatoms. The van der Waals surface area contributed by atoms with Crippen molar-refractivity contribution in [1.82, 2.24) is 14.1 Å². The molecule has 3 aromatic carbocycles. The number of carbonyl (C=O) groups is 1. The maximum absolute atomic E-state index is 13.3. The lowest BCUT2D eigenvalue weighted by Crippen LogP contribution is -2.48. The number of carbonyl (C=O) groups excluding carboxylic acids is 1. The monoisotopic (exact) mass is 622 g/mol. The summed E-state index contributed by atoms with van der Waals surface area (Å²) in [5.74, 6) is 0. The Kier molecular flexibility index (Phi) is 11.1. The summed E-state index contributed by atoms with van der Waals surface area (Å²) in [6.07, 6.45) is 2.00. The van der Waals surface area contributed by atoms with Gasteiger partial charge in [0.15, 0.2) is 0 Å². The van der Waals surface area contributed by atoms with E-state index in [0.717, 1.165) is 44.5 Å². The molecule has 1 fully saturated rings. The van der Waals surface area contributed by atoms with E-state index in [1.165, 1.54) is 16.4 Å². The maximum atomic E-state index is 13.3. The van der Waals surface area contributed by atoms with E-state index in [-0.39, 0.29) is 29.3 Å². The van der Waals surface area contributed by atoms with Crippen LogP contribution in [0.3, 0.4) is 0 Å². The number of nitrogens with zero attached hydrogens (tertiary/aromatic N) is 4. The molecule has 1 amide bonds. The molecule has 0 spiro atoms. The molecule has 1 aliphatic rings. The van der Waals surface area contributed by atoms with Crippen molar-refractivity contribution in [3.05, 3.63) is 106 Å². The van der Waals surface area contributed by atoms with Crippen LogP contribution in [0.15, 0.2) is 89.8 Å². The van der Waals surface area contributed by atoms with Crippen LogP contribution >= 0.6 is 0 Å². The highest BCUT2D eigenvalue weighted by atomic mass is 32.2. The molecule has 0 aliphatic carbocycles. The first-order valence-corrected chi connectivity index (χ1v) is 16.4. The van der Waals surface area contributed by atoms with E-state index in [1.807, 2.05) is 25.1 Å². The van der Waals surface area contributed by atoms with Crippen molar-refractivity contribution in [2.75, 3.05) is 39.8 Å². The Morgan fingerprint density at radius 3 is 2.16 bits per heavy atom. The number of nitro benzene ring substituents is 1. The minimum atomic E-state index is -3.64. The number of likely N-dealkylation sites (tertiary alicyclic amines) is 1. The van der Waals surface area contributed by atoms with Gasteiger partial charge in [0.2, 0.25) is 10.0 Å². The summed E-state index contributed by atoms with van der Waals surface area (Å²) in [6.45, 7) is 7.43. The number of piperidine rings is 1. The third-order valence-electron chi connectivity index (χ3n) is 8.56. The Hall–Kier alpha value is -3.80. The second-order valence-electron chi connectivity index (χ2n) is 11.6. The summed E-state index contributed by atoms with van der Waals surface area (Å²) in [4.78, 5) is 27.8. The number of non-ortho nitro benzene ring substituents is 1. The SMILES string of the molecule is CCN(C(=O)OCc1ccc([N+](=O)[O-])cc1)C1CCN(CC[C@](C)(CN(C)S(=O)(=O)c2ccccc2)c2ccccc2)CC1. The predicted octanol–water partition coefficient (Wildman–Crippen LogP) is 5.69. The van der Waals surface area contributed by atoms with Crippen LogP contribution in [0.5, 0.6) is 0 Å². The van der Waals surface area contributed by atoms with Crippen LogP contribution < -0.4 is 0 Å². The maximum Gasteiger partial charge on any atom is 0.410 e. The van der Waals surface area contributed by atoms with Gasteiger partial charge in [-0.2, -0.15) is 0 Å². The van der Waals surface area contributed by atoms with E-state index in [9.17, 15) is 23.3 Å². The summed E-state index contributed by atoms with van der Waals surface area (Å²) in [7, 11) is -1.99. The number of rotatable bonds is 13. The number of benzene rings is 3. The number of likely N-dealkylation sites (N-methyl/N-ethyl adjacent to an activating group) is 1. The lowest BCUT2D eigenvalue weighted by Gasteiger charge is -2.40. The zero-order valence-electron chi connectivity index (χ0n) is 25.7. The van der Waals surface area contributed by atoms with Crippen LogP contribution in [-0.4, -0.2) is 79.4 Å². The molecule has 1 heterocycles. The van der Waals surface area contributed by atoms with Crippen molar-refractivity contribution in [3.8, 4) is 0 Å². The molecule has 0 saturated carbocycles. The van der Waals surface area contributed by atoms with Crippen LogP contribution in [-0.2, 0) is 26.8 Å². The molecule has 236 valence electrons. The molecule has 1 atom stereocenters. The molecular weight excluding hydrogens is 580 g/mol. The van der Waals surface area contributed by atoms with Crippen LogP contribution in [0.2, 0.25) is 0 Å². The molecule has 1 aliphatic heterocycles. The molecule has 0 aromatic heterocycles. The number of amides is 1. The Balaban J connectivity index is 1.34. The highest BCUT2D eigenvalue weighted by molar-refractivity contribution is 7.89. The van der Waals surface area contributed by atoms with Crippen LogP contribution in [0.1, 0.15) is 44.2 Å². The molecule has 1 saturated heterocycles. The van der Waals surface area contributed by atoms with Crippen molar-refractivity contribution in [2.45, 2.75) is 56.1 Å². The largest absolute Gasteiger partial charge is 0.445 e. The van der Waals surface area contributed by atoms with Gasteiger partial charge >= 0.3 is 6.09 Å². The molecule has 44 heavy (non-hydrogen) atoms. The number of ether oxygens (including phenoxy) is 1. The van der Waals surface area contributed by atoms with E-state index < -0.39 is 20.4 Å². The first kappa shape index (κ1) is 33.1. The minimum absolute atomic E-state index is 0.00431. The fourth-order valence-corrected chi connectivity index (χ4v) is 7.16. The van der Waals surface area contributed by atoms with Crippen molar-refractivity contribution < 1.29 is 22.9 Å². The second-order valence-corrected chi connectivity index (χ2v) is 13.6. The fraction of sp³-hybridized carbons (Fsp3) is 0.424. The van der Waals surface area contributed by atoms with Crippen molar-refractivity contribution >= 4 is 21.8 Å². The van der Waals surface area contributed by atoms with Gasteiger partial charge in [0, 0.05) is 56.8 Å². The van der Waals surface area contributed by atoms with Gasteiger partial charge in [-0.3, -0.25) is 10.1 Å². The summed E-state index contributed by atoms with van der Waals surface area (Å²) >= 11 is 0. The van der Waals surface area contributed by atoms with Crippen LogP contribution in [0.25, 0.3) is 0 Å². The van der Waals surface area contributed by atoms with Crippen molar-refractivity contribution in [2.24, 2.45) is 0 Å². The van der Waals surface area contributed by atoms with E-state index in [4.69, 9.17) is 4.74 Å². The summed E-state index contributed by atoms with van der Waals surface area (Å²) in [6, 6.07) is 24.7. The molecule has 0 bridgehead atoms. The highest BCUT2D eigenvalue weighted by Crippen LogP contribution is 2.31. The predicted molar refractivity (Wildman–Crippen MR) is 170 cm³/mol. The van der Waals surface area contributed by atoms with E-state index in [2.05, 4.69) is 24.0 Å². The topological polar surface area (TPSA) is 113 Å². The minimum Gasteiger partial charge on any atom is -0.445 e. The number of nitro groups is 1. The third-order valence-corrected chi connectivity index (χ3v) is 10.4. The molecule has 4 rings (SSSR count). The number of hydrogen-bond donors (Lipinski definition) is 0. The lowest BCUT2D eigenvalue weighted by molar-refractivity contribution is -0.384. The Morgan fingerprint density at radius 2 is 1.59 bits per heavy atom. The van der Waals surface area contributed by atoms with Gasteiger partial charge in [-0.05, 0) is 68.1 Å². The molecule has 0 unspecified atom stereocenters. The quantitative estimate of drug-likeness (QED) is 0.178. The molecule has 0 N–H and O–H groups in total. The average Bonchev–Trinajstić information content (AvgIpc) is 3.04. The van der Waals surface area contributed by atoms with Gasteiger partial charge in [0.1, 0.15) is 6.61 Å². The summed E-state index contributed by atoms with van der Waals surface area (Å²) in [5, 5.41) is 10.9. The molecule has 0 radical (unpaired) electrons. The Bertz CT molecular complexity index is 1480. The van der Waals surface area contributed by atoms with E-state index in [1.54, 1.807) is 54.4 Å². The van der Waals surface area contributed by atoms with Crippen molar-refractivity contribution in [1.29, 1.82) is 0 Å². The number of hydrogen-bond acceptors (Lipinski definition) is 7. The number of sulfonamides is 1. The van der Waals surface area contributed by atoms with Gasteiger partial charge in [0.05, 0.1) is 9.82 Å². The average molecular weight is 623 g/mol.